The molecule has 0 aliphatic carbocycles. The molecule has 1 aromatic heterocycles. The van der Waals surface area contributed by atoms with Crippen molar-refractivity contribution in [3.05, 3.63) is 23.9 Å². The van der Waals surface area contributed by atoms with Crippen LogP contribution in [0.5, 0.6) is 0 Å². The molecule has 1 atom stereocenters. The molecule has 106 valence electrons. The van der Waals surface area contributed by atoms with Crippen LogP contribution >= 0.6 is 0 Å². The van der Waals surface area contributed by atoms with Crippen molar-refractivity contribution in [3.8, 4) is 0 Å². The molecule has 2 heterocycles. The van der Waals surface area contributed by atoms with Crippen LogP contribution in [0.2, 0.25) is 0 Å². The Morgan fingerprint density at radius 3 is 2.42 bits per heavy atom. The van der Waals surface area contributed by atoms with Crippen molar-refractivity contribution in [2.45, 2.75) is 32.9 Å². The maximum atomic E-state index is 4.53. The summed E-state index contributed by atoms with van der Waals surface area (Å²) in [6.07, 6.45) is 1.92. The standard InChI is InChI=1S/C15H26N4/c1-12(2)18-7-9-19(10-8-18)15-11-14(5-6-17-15)13(3)16-4/h5-6,11-13,16H,7-10H2,1-4H3. The zero-order chi connectivity index (χ0) is 13.8. The Labute approximate surface area is 116 Å². The van der Waals surface area contributed by atoms with Crippen LogP contribution in [0.25, 0.3) is 0 Å². The molecule has 2 rings (SSSR count). The van der Waals surface area contributed by atoms with E-state index in [9.17, 15) is 0 Å². The summed E-state index contributed by atoms with van der Waals surface area (Å²) in [6.45, 7) is 11.1. The molecule has 1 unspecified atom stereocenters. The summed E-state index contributed by atoms with van der Waals surface area (Å²) in [6, 6.07) is 5.32. The Hall–Kier alpha value is -1.13. The van der Waals surface area contributed by atoms with Gasteiger partial charge in [-0.1, -0.05) is 0 Å². The summed E-state index contributed by atoms with van der Waals surface area (Å²) >= 11 is 0. The van der Waals surface area contributed by atoms with Crippen LogP contribution in [-0.2, 0) is 0 Å². The van der Waals surface area contributed by atoms with E-state index in [0.717, 1.165) is 32.0 Å². The van der Waals surface area contributed by atoms with Crippen molar-refractivity contribution in [1.29, 1.82) is 0 Å². The minimum Gasteiger partial charge on any atom is -0.354 e. The second-order valence-corrected chi connectivity index (χ2v) is 5.57. The molecule has 1 aliphatic rings. The van der Waals surface area contributed by atoms with E-state index in [0.29, 0.717) is 12.1 Å². The Morgan fingerprint density at radius 2 is 1.84 bits per heavy atom. The van der Waals surface area contributed by atoms with Gasteiger partial charge in [0.15, 0.2) is 0 Å². The summed E-state index contributed by atoms with van der Waals surface area (Å²) < 4.78 is 0. The number of rotatable bonds is 4. The predicted octanol–water partition coefficient (Wildman–Crippen LogP) is 1.89. The second kappa shape index (κ2) is 6.35. The third-order valence-corrected chi connectivity index (χ3v) is 4.07. The molecule has 4 nitrogen and oxygen atoms in total. The van der Waals surface area contributed by atoms with E-state index >= 15 is 0 Å². The van der Waals surface area contributed by atoms with Crippen molar-refractivity contribution < 1.29 is 0 Å². The smallest absolute Gasteiger partial charge is 0.128 e. The van der Waals surface area contributed by atoms with Gasteiger partial charge in [-0.3, -0.25) is 4.90 Å². The highest BCUT2D eigenvalue weighted by Crippen LogP contribution is 2.19. The summed E-state index contributed by atoms with van der Waals surface area (Å²) in [7, 11) is 1.99. The number of pyridine rings is 1. The van der Waals surface area contributed by atoms with Crippen molar-refractivity contribution in [3.63, 3.8) is 0 Å². The maximum Gasteiger partial charge on any atom is 0.128 e. The lowest BCUT2D eigenvalue weighted by atomic mass is 10.1. The molecule has 1 N–H and O–H groups in total. The number of anilines is 1. The average molecular weight is 262 g/mol. The van der Waals surface area contributed by atoms with Gasteiger partial charge in [0.2, 0.25) is 0 Å². The molecule has 0 saturated carbocycles. The molecular weight excluding hydrogens is 236 g/mol. The minimum atomic E-state index is 0.374. The molecule has 1 aromatic rings. The molecule has 0 spiro atoms. The Morgan fingerprint density at radius 1 is 1.16 bits per heavy atom. The number of nitrogens with zero attached hydrogens (tertiary/aromatic N) is 3. The van der Waals surface area contributed by atoms with Crippen LogP contribution in [0, 0.1) is 0 Å². The van der Waals surface area contributed by atoms with Gasteiger partial charge < -0.3 is 10.2 Å². The Balaban J connectivity index is 2.03. The highest BCUT2D eigenvalue weighted by Gasteiger charge is 2.20. The van der Waals surface area contributed by atoms with Crippen molar-refractivity contribution in [1.82, 2.24) is 15.2 Å². The first-order valence-corrected chi connectivity index (χ1v) is 7.24. The quantitative estimate of drug-likeness (QED) is 0.898. The van der Waals surface area contributed by atoms with Gasteiger partial charge in [-0.15, -0.1) is 0 Å². The highest BCUT2D eigenvalue weighted by molar-refractivity contribution is 5.42. The number of hydrogen-bond acceptors (Lipinski definition) is 4. The van der Waals surface area contributed by atoms with Crippen LogP contribution in [0.15, 0.2) is 18.3 Å². The van der Waals surface area contributed by atoms with Gasteiger partial charge in [0, 0.05) is 44.5 Å². The summed E-state index contributed by atoms with van der Waals surface area (Å²) in [4.78, 5) is 9.45. The van der Waals surface area contributed by atoms with Crippen molar-refractivity contribution >= 4 is 5.82 Å². The number of aromatic nitrogens is 1. The van der Waals surface area contributed by atoms with E-state index in [4.69, 9.17) is 0 Å². The summed E-state index contributed by atoms with van der Waals surface area (Å²) in [5.74, 6) is 1.11. The van der Waals surface area contributed by atoms with Crippen LogP contribution < -0.4 is 10.2 Å². The number of hydrogen-bond donors (Lipinski definition) is 1. The zero-order valence-corrected chi connectivity index (χ0v) is 12.6. The molecule has 19 heavy (non-hydrogen) atoms. The molecule has 1 fully saturated rings. The lowest BCUT2D eigenvalue weighted by Gasteiger charge is -2.37. The SMILES string of the molecule is CNC(C)c1ccnc(N2CCN(C(C)C)CC2)c1. The zero-order valence-electron chi connectivity index (χ0n) is 12.6. The van der Waals surface area contributed by atoms with E-state index in [1.54, 1.807) is 0 Å². The normalized spacial score (nSPS) is 18.9. The highest BCUT2D eigenvalue weighted by atomic mass is 15.3. The first-order chi connectivity index (χ1) is 9.11. The summed E-state index contributed by atoms with van der Waals surface area (Å²) in [5, 5.41) is 3.28. The van der Waals surface area contributed by atoms with Gasteiger partial charge in [-0.2, -0.15) is 0 Å². The van der Waals surface area contributed by atoms with E-state index in [-0.39, 0.29) is 0 Å². The second-order valence-electron chi connectivity index (χ2n) is 5.57. The molecule has 1 saturated heterocycles. The molecular formula is C15H26N4. The van der Waals surface area contributed by atoms with Gasteiger partial charge in [0.25, 0.3) is 0 Å². The van der Waals surface area contributed by atoms with Gasteiger partial charge in [-0.25, -0.2) is 4.98 Å². The Bertz CT molecular complexity index is 397. The van der Waals surface area contributed by atoms with Crippen LogP contribution in [-0.4, -0.2) is 49.2 Å². The van der Waals surface area contributed by atoms with Crippen LogP contribution in [0.1, 0.15) is 32.4 Å². The Kier molecular flexibility index (Phi) is 4.77. The van der Waals surface area contributed by atoms with E-state index in [2.05, 4.69) is 53.0 Å². The van der Waals surface area contributed by atoms with Crippen molar-refractivity contribution in [2.75, 3.05) is 38.1 Å². The lowest BCUT2D eigenvalue weighted by molar-refractivity contribution is 0.209. The molecule has 1 aliphatic heterocycles. The lowest BCUT2D eigenvalue weighted by Crippen LogP contribution is -2.49. The topological polar surface area (TPSA) is 31.4 Å². The van der Waals surface area contributed by atoms with E-state index in [1.807, 2.05) is 13.2 Å². The molecule has 0 radical (unpaired) electrons. The minimum absolute atomic E-state index is 0.374. The maximum absolute atomic E-state index is 4.53. The number of piperazine rings is 1. The molecule has 0 bridgehead atoms. The van der Waals surface area contributed by atoms with Crippen LogP contribution in [0.3, 0.4) is 0 Å². The fraction of sp³-hybridized carbons (Fsp3) is 0.667. The van der Waals surface area contributed by atoms with E-state index in [1.165, 1.54) is 5.56 Å². The largest absolute Gasteiger partial charge is 0.354 e. The van der Waals surface area contributed by atoms with Gasteiger partial charge >= 0.3 is 0 Å². The first kappa shape index (κ1) is 14.3. The third kappa shape index (κ3) is 3.45. The van der Waals surface area contributed by atoms with E-state index < -0.39 is 0 Å². The summed E-state index contributed by atoms with van der Waals surface area (Å²) in [5.41, 5.74) is 1.30. The molecule has 0 aromatic carbocycles. The molecule has 0 amide bonds. The van der Waals surface area contributed by atoms with Crippen LogP contribution in [0.4, 0.5) is 5.82 Å². The van der Waals surface area contributed by atoms with Gasteiger partial charge in [-0.05, 0) is 45.5 Å². The molecule has 4 heteroatoms. The van der Waals surface area contributed by atoms with Crippen molar-refractivity contribution in [2.24, 2.45) is 0 Å². The van der Waals surface area contributed by atoms with Gasteiger partial charge in [0.05, 0.1) is 0 Å². The van der Waals surface area contributed by atoms with Gasteiger partial charge in [0.1, 0.15) is 5.82 Å². The predicted molar refractivity (Wildman–Crippen MR) is 80.6 cm³/mol. The monoisotopic (exact) mass is 262 g/mol. The average Bonchev–Trinajstić information content (AvgIpc) is 2.46. The fourth-order valence-corrected chi connectivity index (χ4v) is 2.51. The first-order valence-electron chi connectivity index (χ1n) is 7.24. The number of nitrogens with one attached hydrogen (secondary N) is 1. The fourth-order valence-electron chi connectivity index (χ4n) is 2.51. The third-order valence-electron chi connectivity index (χ3n) is 4.07.